The number of halogens is 3. The van der Waals surface area contributed by atoms with Crippen molar-refractivity contribution in [2.75, 3.05) is 18.4 Å². The third-order valence-corrected chi connectivity index (χ3v) is 4.71. The van der Waals surface area contributed by atoms with Crippen molar-refractivity contribution in [2.24, 2.45) is 0 Å². The van der Waals surface area contributed by atoms with E-state index in [1.54, 1.807) is 0 Å². The van der Waals surface area contributed by atoms with Gasteiger partial charge < -0.3 is 15.4 Å². The highest BCUT2D eigenvalue weighted by molar-refractivity contribution is 7.98. The number of hydrogen-bond acceptors (Lipinski definition) is 4. The molecule has 2 amide bonds. The van der Waals surface area contributed by atoms with Gasteiger partial charge in [0.25, 0.3) is 0 Å². The van der Waals surface area contributed by atoms with Crippen molar-refractivity contribution >= 4 is 23.7 Å². The summed E-state index contributed by atoms with van der Waals surface area (Å²) in [7, 11) is 0. The highest BCUT2D eigenvalue weighted by atomic mass is 32.2. The number of urea groups is 1. The molecule has 0 bridgehead atoms. The van der Waals surface area contributed by atoms with Crippen LogP contribution in [-0.2, 0) is 0 Å². The molecule has 0 saturated carbocycles. The molecule has 0 aliphatic carbocycles. The van der Waals surface area contributed by atoms with E-state index in [0.29, 0.717) is 5.69 Å². The van der Waals surface area contributed by atoms with Crippen molar-refractivity contribution in [3.05, 3.63) is 24.3 Å². The zero-order chi connectivity index (χ0) is 21.4. The minimum absolute atomic E-state index is 0.0830. The van der Waals surface area contributed by atoms with Gasteiger partial charge in [0.05, 0.1) is 0 Å². The fourth-order valence-corrected chi connectivity index (χ4v) is 3.74. The smallest absolute Gasteiger partial charge is 0.406 e. The molecule has 9 heteroatoms. The molecular weight excluding hydrogens is 391 g/mol. The number of amides is 2. The highest BCUT2D eigenvalue weighted by Crippen LogP contribution is 2.30. The zero-order valence-electron chi connectivity index (χ0n) is 17.0. The molecule has 1 saturated heterocycles. The quantitative estimate of drug-likeness (QED) is 0.618. The van der Waals surface area contributed by atoms with Gasteiger partial charge in [0.1, 0.15) is 5.75 Å². The largest absolute Gasteiger partial charge is 0.573 e. The Kier molecular flexibility index (Phi) is 9.43. The molecule has 5 nitrogen and oxygen atoms in total. The Morgan fingerprint density at radius 1 is 1.11 bits per heavy atom. The maximum absolute atomic E-state index is 12.1. The number of anilines is 1. The average molecular weight is 422 g/mol. The van der Waals surface area contributed by atoms with Crippen LogP contribution in [-0.4, -0.2) is 40.6 Å². The molecule has 1 aliphatic rings. The van der Waals surface area contributed by atoms with Crippen LogP contribution in [0.25, 0.3) is 0 Å². The summed E-state index contributed by atoms with van der Waals surface area (Å²) in [5.74, 6) is -0.327. The molecule has 1 aromatic carbocycles. The molecule has 160 valence electrons. The minimum Gasteiger partial charge on any atom is -0.406 e. The van der Waals surface area contributed by atoms with E-state index in [2.05, 4.69) is 40.4 Å². The van der Waals surface area contributed by atoms with Crippen LogP contribution >= 0.6 is 11.9 Å². The summed E-state index contributed by atoms with van der Waals surface area (Å²) in [4.78, 5) is 12.1. The number of hydrogen-bond donors (Lipinski definition) is 2. The number of ether oxygens (including phenoxy) is 1. The number of nitrogens with zero attached hydrogens (tertiary/aromatic N) is 1. The number of rotatable bonds is 4. The molecule has 1 fully saturated rings. The first kappa shape index (κ1) is 24.4. The molecule has 1 aliphatic heterocycles. The van der Waals surface area contributed by atoms with Crippen LogP contribution in [0.2, 0.25) is 0 Å². The van der Waals surface area contributed by atoms with E-state index in [-0.39, 0.29) is 22.6 Å². The number of carbonyl (C=O) groups excluding carboxylic acids is 1. The molecule has 0 aromatic heterocycles. The van der Waals surface area contributed by atoms with E-state index in [1.165, 1.54) is 12.1 Å². The summed E-state index contributed by atoms with van der Waals surface area (Å²) in [5, 5.41) is 5.53. The van der Waals surface area contributed by atoms with E-state index < -0.39 is 6.36 Å². The third kappa shape index (κ3) is 10.1. The van der Waals surface area contributed by atoms with Gasteiger partial charge in [0, 0.05) is 29.6 Å². The van der Waals surface area contributed by atoms with E-state index in [9.17, 15) is 18.0 Å². The second-order valence-corrected chi connectivity index (χ2v) is 9.00. The van der Waals surface area contributed by atoms with Gasteiger partial charge in [-0.3, -0.25) is 4.31 Å². The van der Waals surface area contributed by atoms with Crippen molar-refractivity contribution in [3.63, 3.8) is 0 Å². The number of nitrogens with one attached hydrogen (secondary N) is 2. The minimum atomic E-state index is -4.73. The van der Waals surface area contributed by atoms with Gasteiger partial charge in [-0.1, -0.05) is 25.8 Å². The number of carbonyl (C=O) groups is 1. The van der Waals surface area contributed by atoms with Gasteiger partial charge in [-0.05, 0) is 57.9 Å². The number of alkyl halides is 3. The topological polar surface area (TPSA) is 53.6 Å². The summed E-state index contributed by atoms with van der Waals surface area (Å²) in [6.45, 7) is 12.3. The molecule has 0 radical (unpaired) electrons. The van der Waals surface area contributed by atoms with Crippen molar-refractivity contribution in [3.8, 4) is 5.75 Å². The molecule has 0 atom stereocenters. The first-order chi connectivity index (χ1) is 13.0. The Labute approximate surface area is 169 Å². The first-order valence-corrected chi connectivity index (χ1v) is 10.1. The lowest BCUT2D eigenvalue weighted by atomic mass is 10.1. The van der Waals surface area contributed by atoms with Crippen LogP contribution in [0, 0.1) is 0 Å². The molecule has 28 heavy (non-hydrogen) atoms. The summed E-state index contributed by atoms with van der Waals surface area (Å²) in [6.07, 6.45) is -3.02. The lowest BCUT2D eigenvalue weighted by molar-refractivity contribution is -0.274. The predicted octanol–water partition coefficient (Wildman–Crippen LogP) is 5.64. The first-order valence-electron chi connectivity index (χ1n) is 9.38. The standard InChI is InChI=1S/C17H24F3N3O2S.C2H6/c1-16(2,3)26-23-10-8-13(9-11-23)22-15(24)21-12-4-6-14(7-5-12)25-17(18,19)20;1-2/h4-7,13H,8-11H2,1-3H3,(H2,21,22,24);1-2H3. The predicted molar refractivity (Wildman–Crippen MR) is 109 cm³/mol. The van der Waals surface area contributed by atoms with Crippen LogP contribution in [0.5, 0.6) is 5.75 Å². The van der Waals surface area contributed by atoms with Gasteiger partial charge in [0.2, 0.25) is 0 Å². The Hall–Kier alpha value is -1.61. The Morgan fingerprint density at radius 2 is 1.64 bits per heavy atom. The van der Waals surface area contributed by atoms with Gasteiger partial charge in [0.15, 0.2) is 0 Å². The van der Waals surface area contributed by atoms with Crippen LogP contribution in [0.3, 0.4) is 0 Å². The second-order valence-electron chi connectivity index (χ2n) is 7.08. The molecule has 1 aromatic rings. The summed E-state index contributed by atoms with van der Waals surface area (Å²) in [5.41, 5.74) is 0.401. The average Bonchev–Trinajstić information content (AvgIpc) is 2.58. The molecule has 2 rings (SSSR count). The van der Waals surface area contributed by atoms with Crippen LogP contribution < -0.4 is 15.4 Å². The Morgan fingerprint density at radius 3 is 2.11 bits per heavy atom. The van der Waals surface area contributed by atoms with Crippen LogP contribution in [0.15, 0.2) is 24.3 Å². The monoisotopic (exact) mass is 421 g/mol. The van der Waals surface area contributed by atoms with Crippen molar-refractivity contribution < 1.29 is 22.7 Å². The highest BCUT2D eigenvalue weighted by Gasteiger charge is 2.31. The van der Waals surface area contributed by atoms with E-state index in [0.717, 1.165) is 38.1 Å². The van der Waals surface area contributed by atoms with E-state index in [4.69, 9.17) is 0 Å². The third-order valence-electron chi connectivity index (χ3n) is 3.54. The fourth-order valence-electron chi connectivity index (χ4n) is 2.57. The number of benzene rings is 1. The van der Waals surface area contributed by atoms with Crippen LogP contribution in [0.4, 0.5) is 23.7 Å². The van der Waals surface area contributed by atoms with Crippen LogP contribution in [0.1, 0.15) is 47.5 Å². The van der Waals surface area contributed by atoms with Gasteiger partial charge >= 0.3 is 12.4 Å². The molecule has 0 spiro atoms. The van der Waals surface area contributed by atoms with E-state index >= 15 is 0 Å². The molecule has 0 unspecified atom stereocenters. The zero-order valence-corrected chi connectivity index (χ0v) is 17.8. The maximum atomic E-state index is 12.1. The summed E-state index contributed by atoms with van der Waals surface area (Å²) >= 11 is 1.82. The Bertz CT molecular complexity index is 596. The number of piperidine rings is 1. The van der Waals surface area contributed by atoms with Gasteiger partial charge in [-0.2, -0.15) is 0 Å². The molecular formula is C19H30F3N3O2S. The second kappa shape index (κ2) is 10.8. The lowest BCUT2D eigenvalue weighted by Gasteiger charge is -2.35. The van der Waals surface area contributed by atoms with Crippen molar-refractivity contribution in [2.45, 2.75) is 64.6 Å². The summed E-state index contributed by atoms with van der Waals surface area (Å²) in [6, 6.07) is 4.76. The Balaban J connectivity index is 0.00000190. The molecule has 1 heterocycles. The summed E-state index contributed by atoms with van der Waals surface area (Å²) < 4.78 is 42.6. The van der Waals surface area contributed by atoms with Crippen molar-refractivity contribution in [1.29, 1.82) is 0 Å². The lowest BCUT2D eigenvalue weighted by Crippen LogP contribution is -2.45. The fraction of sp³-hybridized carbons (Fsp3) is 0.632. The van der Waals surface area contributed by atoms with Crippen molar-refractivity contribution in [1.82, 2.24) is 9.62 Å². The SMILES string of the molecule is CC.CC(C)(C)SN1CCC(NC(=O)Nc2ccc(OC(F)(F)F)cc2)CC1. The normalized spacial score (nSPS) is 16.0. The van der Waals surface area contributed by atoms with Gasteiger partial charge in [-0.15, -0.1) is 13.2 Å². The molecule has 2 N–H and O–H groups in total. The van der Waals surface area contributed by atoms with E-state index in [1.807, 2.05) is 25.8 Å². The van der Waals surface area contributed by atoms with Gasteiger partial charge in [-0.25, -0.2) is 4.79 Å². The maximum Gasteiger partial charge on any atom is 0.573 e.